The molecule has 0 unspecified atom stereocenters. The number of sulfonamides is 1. The van der Waals surface area contributed by atoms with Gasteiger partial charge in [0.25, 0.3) is 10.0 Å². The molecule has 0 bridgehead atoms. The first-order chi connectivity index (χ1) is 13.8. The Morgan fingerprint density at radius 2 is 1.83 bits per heavy atom. The lowest BCUT2D eigenvalue weighted by atomic mass is 10.2. The summed E-state index contributed by atoms with van der Waals surface area (Å²) in [4.78, 5) is 23.6. The molecular weight excluding hydrogens is 414 g/mol. The number of hydrogen-bond acceptors (Lipinski definition) is 4. The minimum absolute atomic E-state index is 0.00640. The van der Waals surface area contributed by atoms with Crippen LogP contribution in [0.3, 0.4) is 0 Å². The van der Waals surface area contributed by atoms with Gasteiger partial charge in [0.05, 0.1) is 15.6 Å². The summed E-state index contributed by atoms with van der Waals surface area (Å²) in [6, 6.07) is 12.5. The molecule has 0 radical (unpaired) electrons. The van der Waals surface area contributed by atoms with Crippen molar-refractivity contribution in [2.24, 2.45) is 5.92 Å². The first-order valence-electron chi connectivity index (χ1n) is 9.30. The van der Waals surface area contributed by atoms with Gasteiger partial charge in [-0.3, -0.25) is 14.3 Å². The molecule has 1 aliphatic rings. The lowest BCUT2D eigenvalue weighted by Gasteiger charge is -2.11. The molecule has 0 saturated heterocycles. The molecule has 1 saturated carbocycles. The molecule has 154 valence electrons. The summed E-state index contributed by atoms with van der Waals surface area (Å²) < 4.78 is 27.6. The topological polar surface area (TPSA) is 104 Å². The maximum absolute atomic E-state index is 12.6. The number of carbonyl (C=O) groups excluding carboxylic acids is 2. The van der Waals surface area contributed by atoms with Crippen molar-refractivity contribution in [2.75, 3.05) is 16.6 Å². The SMILES string of the molecule is O=C(CCCNC(=O)C1CC1)Nc1cccc(S(=O)(=O)Nc2ccccc2Cl)c1. The molecule has 0 heterocycles. The van der Waals surface area contributed by atoms with Crippen molar-refractivity contribution in [3.8, 4) is 0 Å². The standard InChI is InChI=1S/C20H22ClN3O4S/c21-17-7-1-2-8-18(17)24-29(27,28)16-6-3-5-15(13-16)23-19(25)9-4-12-22-20(26)14-10-11-14/h1-3,5-8,13-14,24H,4,9-12H2,(H,22,26)(H,23,25). The predicted molar refractivity (Wildman–Crippen MR) is 112 cm³/mol. The van der Waals surface area contributed by atoms with Crippen LogP contribution in [0.4, 0.5) is 11.4 Å². The molecule has 2 aromatic carbocycles. The highest BCUT2D eigenvalue weighted by Crippen LogP contribution is 2.28. The zero-order valence-corrected chi connectivity index (χ0v) is 17.2. The molecule has 0 spiro atoms. The van der Waals surface area contributed by atoms with Crippen molar-refractivity contribution in [3.05, 3.63) is 53.6 Å². The van der Waals surface area contributed by atoms with Crippen molar-refractivity contribution in [3.63, 3.8) is 0 Å². The van der Waals surface area contributed by atoms with Crippen molar-refractivity contribution in [1.82, 2.24) is 5.32 Å². The van der Waals surface area contributed by atoms with Crippen LogP contribution in [0.2, 0.25) is 5.02 Å². The van der Waals surface area contributed by atoms with E-state index in [9.17, 15) is 18.0 Å². The number of rotatable bonds is 9. The molecule has 9 heteroatoms. The van der Waals surface area contributed by atoms with Crippen LogP contribution in [0.15, 0.2) is 53.4 Å². The van der Waals surface area contributed by atoms with E-state index in [-0.39, 0.29) is 39.8 Å². The normalized spacial score (nSPS) is 13.6. The minimum atomic E-state index is -3.86. The lowest BCUT2D eigenvalue weighted by molar-refractivity contribution is -0.122. The number of amides is 2. The summed E-state index contributed by atoms with van der Waals surface area (Å²) in [5, 5.41) is 5.77. The van der Waals surface area contributed by atoms with Gasteiger partial charge in [-0.25, -0.2) is 8.42 Å². The monoisotopic (exact) mass is 435 g/mol. The summed E-state index contributed by atoms with van der Waals surface area (Å²) in [6.45, 7) is 0.443. The molecule has 0 aromatic heterocycles. The smallest absolute Gasteiger partial charge is 0.262 e. The van der Waals surface area contributed by atoms with Gasteiger partial charge in [0.15, 0.2) is 0 Å². The fourth-order valence-electron chi connectivity index (χ4n) is 2.66. The summed E-state index contributed by atoms with van der Waals surface area (Å²) in [5.74, 6) is -0.0542. The molecule has 2 amide bonds. The molecule has 2 aromatic rings. The molecule has 3 N–H and O–H groups in total. The fourth-order valence-corrected chi connectivity index (χ4v) is 4.03. The first kappa shape index (κ1) is 21.1. The number of halogens is 1. The van der Waals surface area contributed by atoms with Crippen molar-refractivity contribution in [1.29, 1.82) is 0 Å². The largest absolute Gasteiger partial charge is 0.356 e. The molecule has 1 fully saturated rings. The predicted octanol–water partition coefficient (Wildman–Crippen LogP) is 3.39. The maximum Gasteiger partial charge on any atom is 0.262 e. The van der Waals surface area contributed by atoms with E-state index in [0.717, 1.165) is 12.8 Å². The van der Waals surface area contributed by atoms with Gasteiger partial charge in [-0.05, 0) is 49.6 Å². The van der Waals surface area contributed by atoms with Crippen molar-refractivity contribution >= 4 is 44.8 Å². The molecule has 0 atom stereocenters. The van der Waals surface area contributed by atoms with E-state index < -0.39 is 10.0 Å². The van der Waals surface area contributed by atoms with Crippen LogP contribution in [0.5, 0.6) is 0 Å². The molecular formula is C20H22ClN3O4S. The second kappa shape index (κ2) is 9.28. The van der Waals surface area contributed by atoms with Gasteiger partial charge in [-0.1, -0.05) is 29.8 Å². The zero-order chi connectivity index (χ0) is 20.9. The van der Waals surface area contributed by atoms with Gasteiger partial charge >= 0.3 is 0 Å². The van der Waals surface area contributed by atoms with Crippen molar-refractivity contribution in [2.45, 2.75) is 30.6 Å². The van der Waals surface area contributed by atoms with E-state index in [1.807, 2.05) is 0 Å². The molecule has 1 aliphatic carbocycles. The van der Waals surface area contributed by atoms with E-state index in [4.69, 9.17) is 11.6 Å². The first-order valence-corrected chi connectivity index (χ1v) is 11.2. The number of nitrogens with one attached hydrogen (secondary N) is 3. The average molecular weight is 436 g/mol. The van der Waals surface area contributed by atoms with Crippen LogP contribution >= 0.6 is 11.6 Å². The van der Waals surface area contributed by atoms with Gasteiger partial charge in [0.1, 0.15) is 0 Å². The van der Waals surface area contributed by atoms with Crippen LogP contribution in [0.25, 0.3) is 0 Å². The van der Waals surface area contributed by atoms with Gasteiger partial charge in [-0.2, -0.15) is 0 Å². The van der Waals surface area contributed by atoms with Crippen molar-refractivity contribution < 1.29 is 18.0 Å². The number of anilines is 2. The van der Waals surface area contributed by atoms with Crippen LogP contribution < -0.4 is 15.4 Å². The summed E-state index contributed by atoms with van der Waals surface area (Å²) in [6.07, 6.45) is 2.62. The Morgan fingerprint density at radius 1 is 1.07 bits per heavy atom. The quantitative estimate of drug-likeness (QED) is 0.525. The second-order valence-electron chi connectivity index (χ2n) is 6.83. The van der Waals surface area contributed by atoms with Gasteiger partial charge in [0, 0.05) is 24.6 Å². The van der Waals surface area contributed by atoms with E-state index in [2.05, 4.69) is 15.4 Å². The summed E-state index contributed by atoms with van der Waals surface area (Å²) in [7, 11) is -3.86. The maximum atomic E-state index is 12.6. The average Bonchev–Trinajstić information content (AvgIpc) is 3.52. The summed E-state index contributed by atoms with van der Waals surface area (Å²) >= 11 is 6.01. The van der Waals surface area contributed by atoms with E-state index in [1.165, 1.54) is 12.1 Å². The Morgan fingerprint density at radius 3 is 2.55 bits per heavy atom. The Balaban J connectivity index is 1.54. The highest BCUT2D eigenvalue weighted by molar-refractivity contribution is 7.92. The number of para-hydroxylation sites is 1. The van der Waals surface area contributed by atoms with E-state index in [1.54, 1.807) is 36.4 Å². The summed E-state index contributed by atoms with van der Waals surface area (Å²) in [5.41, 5.74) is 0.649. The zero-order valence-electron chi connectivity index (χ0n) is 15.7. The molecule has 3 rings (SSSR count). The Bertz CT molecular complexity index is 1010. The Labute approximate surface area is 174 Å². The van der Waals surface area contributed by atoms with Gasteiger partial charge in [-0.15, -0.1) is 0 Å². The van der Waals surface area contributed by atoms with E-state index in [0.29, 0.717) is 18.7 Å². The Hall–Kier alpha value is -2.58. The molecule has 7 nitrogen and oxygen atoms in total. The highest BCUT2D eigenvalue weighted by atomic mass is 35.5. The Kier molecular flexibility index (Phi) is 6.76. The third-order valence-electron chi connectivity index (χ3n) is 4.37. The van der Waals surface area contributed by atoms with Gasteiger partial charge < -0.3 is 10.6 Å². The fraction of sp³-hybridized carbons (Fsp3) is 0.300. The molecule has 0 aliphatic heterocycles. The third kappa shape index (κ3) is 6.20. The van der Waals surface area contributed by atoms with Crippen LogP contribution in [-0.2, 0) is 19.6 Å². The van der Waals surface area contributed by atoms with Gasteiger partial charge in [0.2, 0.25) is 11.8 Å². The van der Waals surface area contributed by atoms with Crippen LogP contribution in [-0.4, -0.2) is 26.8 Å². The minimum Gasteiger partial charge on any atom is -0.356 e. The van der Waals surface area contributed by atoms with E-state index >= 15 is 0 Å². The number of carbonyl (C=O) groups is 2. The second-order valence-corrected chi connectivity index (χ2v) is 8.92. The van der Waals surface area contributed by atoms with Crippen LogP contribution in [0.1, 0.15) is 25.7 Å². The highest BCUT2D eigenvalue weighted by Gasteiger charge is 2.29. The number of benzene rings is 2. The lowest BCUT2D eigenvalue weighted by Crippen LogP contribution is -2.26. The third-order valence-corrected chi connectivity index (χ3v) is 6.07. The van der Waals surface area contributed by atoms with Crippen LogP contribution in [0, 0.1) is 5.92 Å². The number of hydrogen-bond donors (Lipinski definition) is 3. The molecule has 29 heavy (non-hydrogen) atoms.